The molecule has 0 fully saturated rings. The van der Waals surface area contributed by atoms with Crippen LogP contribution in [0.25, 0.3) is 0 Å². The van der Waals surface area contributed by atoms with Gasteiger partial charge in [-0.05, 0) is 44.9 Å². The van der Waals surface area contributed by atoms with Gasteiger partial charge in [-0.2, -0.15) is 0 Å². The predicted molar refractivity (Wildman–Crippen MR) is 326 cm³/mol. The van der Waals surface area contributed by atoms with Gasteiger partial charge in [-0.1, -0.05) is 341 Å². The van der Waals surface area contributed by atoms with Gasteiger partial charge in [0, 0.05) is 19.3 Å². The maximum Gasteiger partial charge on any atom is 0.306 e. The fourth-order valence-corrected chi connectivity index (χ4v) is 10.6. The van der Waals surface area contributed by atoms with Crippen LogP contribution in [0.15, 0.2) is 12.2 Å². The summed E-state index contributed by atoms with van der Waals surface area (Å²) in [4.78, 5) is 38.2. The Hall–Kier alpha value is -1.85. The molecule has 75 heavy (non-hydrogen) atoms. The topological polar surface area (TPSA) is 78.9 Å². The van der Waals surface area contributed by atoms with Gasteiger partial charge in [0.05, 0.1) is 0 Å². The Morgan fingerprint density at radius 1 is 0.253 bits per heavy atom. The van der Waals surface area contributed by atoms with E-state index < -0.39 is 6.10 Å². The normalized spacial score (nSPS) is 12.0. The van der Waals surface area contributed by atoms with E-state index in [-0.39, 0.29) is 31.1 Å². The zero-order valence-corrected chi connectivity index (χ0v) is 51.1. The van der Waals surface area contributed by atoms with Gasteiger partial charge in [-0.15, -0.1) is 0 Å². The van der Waals surface area contributed by atoms with Crippen LogP contribution < -0.4 is 0 Å². The second kappa shape index (κ2) is 64.7. The Morgan fingerprint density at radius 3 is 0.667 bits per heavy atom. The van der Waals surface area contributed by atoms with Crippen molar-refractivity contribution in [3.8, 4) is 0 Å². The van der Waals surface area contributed by atoms with E-state index in [4.69, 9.17) is 14.2 Å². The Kier molecular flexibility index (Phi) is 63.1. The first kappa shape index (κ1) is 73.2. The fourth-order valence-electron chi connectivity index (χ4n) is 10.6. The molecule has 1 unspecified atom stereocenters. The monoisotopic (exact) mass is 1060 g/mol. The van der Waals surface area contributed by atoms with Gasteiger partial charge in [-0.25, -0.2) is 0 Å². The molecule has 444 valence electrons. The molecule has 0 amide bonds. The molecule has 0 spiro atoms. The Labute approximate surface area is 469 Å². The molecule has 0 aromatic rings. The van der Waals surface area contributed by atoms with Crippen molar-refractivity contribution in [1.82, 2.24) is 0 Å². The molecular formula is C69H132O6. The molecule has 6 nitrogen and oxygen atoms in total. The Morgan fingerprint density at radius 2 is 0.440 bits per heavy atom. The first-order chi connectivity index (χ1) is 37.0. The van der Waals surface area contributed by atoms with Crippen molar-refractivity contribution in [2.45, 2.75) is 399 Å². The molecule has 6 heteroatoms. The van der Waals surface area contributed by atoms with E-state index in [0.717, 1.165) is 57.8 Å². The van der Waals surface area contributed by atoms with Gasteiger partial charge in [0.1, 0.15) is 13.2 Å². The number of carbonyl (C=O) groups is 3. The Bertz CT molecular complexity index is 1170. The van der Waals surface area contributed by atoms with Gasteiger partial charge >= 0.3 is 17.9 Å². The molecule has 0 aliphatic rings. The summed E-state index contributed by atoms with van der Waals surface area (Å²) in [5.74, 6) is -0.832. The average molecular weight is 1060 g/mol. The summed E-state index contributed by atoms with van der Waals surface area (Å²) in [5.41, 5.74) is 0. The van der Waals surface area contributed by atoms with Crippen molar-refractivity contribution in [2.24, 2.45) is 0 Å². The minimum Gasteiger partial charge on any atom is -0.462 e. The summed E-state index contributed by atoms with van der Waals surface area (Å²) >= 11 is 0. The van der Waals surface area contributed by atoms with Crippen LogP contribution in [0.1, 0.15) is 393 Å². The van der Waals surface area contributed by atoms with E-state index in [9.17, 15) is 14.4 Å². The highest BCUT2D eigenvalue weighted by Crippen LogP contribution is 2.19. The van der Waals surface area contributed by atoms with Crippen molar-refractivity contribution >= 4 is 17.9 Å². The second-order valence-corrected chi connectivity index (χ2v) is 23.5. The zero-order chi connectivity index (χ0) is 54.3. The van der Waals surface area contributed by atoms with Crippen LogP contribution in [0.3, 0.4) is 0 Å². The molecule has 0 saturated carbocycles. The highest BCUT2D eigenvalue weighted by molar-refractivity contribution is 5.71. The lowest BCUT2D eigenvalue weighted by Crippen LogP contribution is -2.30. The van der Waals surface area contributed by atoms with Crippen LogP contribution in [0.5, 0.6) is 0 Å². The van der Waals surface area contributed by atoms with E-state index in [1.807, 2.05) is 0 Å². The summed E-state index contributed by atoms with van der Waals surface area (Å²) in [6, 6.07) is 0. The van der Waals surface area contributed by atoms with Gasteiger partial charge in [-0.3, -0.25) is 14.4 Å². The quantitative estimate of drug-likeness (QED) is 0.0261. The molecule has 0 rings (SSSR count). The number of rotatable bonds is 64. The summed E-state index contributed by atoms with van der Waals surface area (Å²) in [5, 5.41) is 0. The standard InChI is InChI=1S/C69H132O6/c1-4-7-10-13-16-19-22-24-26-28-30-31-32-33-34-35-36-37-38-39-40-42-43-45-47-50-53-56-59-62-68(71)74-65-66(64-73-67(70)61-58-55-52-49-21-18-15-12-9-6-3)75-69(72)63-60-57-54-51-48-46-44-41-29-27-25-23-20-17-14-11-8-5-2/h28,30,66H,4-27,29,31-65H2,1-3H3/b30-28-. The fraction of sp³-hybridized carbons (Fsp3) is 0.928. The van der Waals surface area contributed by atoms with Crippen LogP contribution in [-0.4, -0.2) is 37.2 Å². The lowest BCUT2D eigenvalue weighted by Gasteiger charge is -2.18. The molecule has 0 aliphatic carbocycles. The van der Waals surface area contributed by atoms with Gasteiger partial charge in [0.2, 0.25) is 0 Å². The lowest BCUT2D eigenvalue weighted by atomic mass is 10.0. The minimum absolute atomic E-state index is 0.0625. The first-order valence-corrected chi connectivity index (χ1v) is 34.2. The van der Waals surface area contributed by atoms with Crippen LogP contribution in [-0.2, 0) is 28.6 Å². The average Bonchev–Trinajstić information content (AvgIpc) is 3.41. The lowest BCUT2D eigenvalue weighted by molar-refractivity contribution is -0.167. The summed E-state index contributed by atoms with van der Waals surface area (Å²) < 4.78 is 16.9. The molecule has 0 bridgehead atoms. The van der Waals surface area contributed by atoms with E-state index in [2.05, 4.69) is 32.9 Å². The van der Waals surface area contributed by atoms with Gasteiger partial charge < -0.3 is 14.2 Å². The molecule has 1 atom stereocenters. The van der Waals surface area contributed by atoms with E-state index in [0.29, 0.717) is 19.3 Å². The second-order valence-electron chi connectivity index (χ2n) is 23.5. The maximum atomic E-state index is 12.9. The number of allylic oxidation sites excluding steroid dienone is 2. The number of esters is 3. The van der Waals surface area contributed by atoms with Crippen molar-refractivity contribution in [3.63, 3.8) is 0 Å². The number of hydrogen-bond acceptors (Lipinski definition) is 6. The van der Waals surface area contributed by atoms with Crippen molar-refractivity contribution in [2.75, 3.05) is 13.2 Å². The largest absolute Gasteiger partial charge is 0.462 e. The highest BCUT2D eigenvalue weighted by atomic mass is 16.6. The van der Waals surface area contributed by atoms with Crippen molar-refractivity contribution < 1.29 is 28.6 Å². The molecule has 0 heterocycles. The smallest absolute Gasteiger partial charge is 0.306 e. The molecule has 0 aromatic carbocycles. The third-order valence-corrected chi connectivity index (χ3v) is 15.8. The van der Waals surface area contributed by atoms with Crippen molar-refractivity contribution in [1.29, 1.82) is 0 Å². The zero-order valence-electron chi connectivity index (χ0n) is 51.1. The number of carbonyl (C=O) groups excluding carboxylic acids is 3. The first-order valence-electron chi connectivity index (χ1n) is 34.2. The Balaban J connectivity index is 4.09. The summed E-state index contributed by atoms with van der Waals surface area (Å²) in [6.45, 7) is 6.71. The van der Waals surface area contributed by atoms with E-state index >= 15 is 0 Å². The van der Waals surface area contributed by atoms with Gasteiger partial charge in [0.25, 0.3) is 0 Å². The van der Waals surface area contributed by atoms with Crippen LogP contribution in [0.4, 0.5) is 0 Å². The molecule has 0 aliphatic heterocycles. The van der Waals surface area contributed by atoms with Crippen LogP contribution >= 0.6 is 0 Å². The third-order valence-electron chi connectivity index (χ3n) is 15.8. The van der Waals surface area contributed by atoms with Crippen LogP contribution in [0, 0.1) is 0 Å². The number of hydrogen-bond donors (Lipinski definition) is 0. The number of ether oxygens (including phenoxy) is 3. The maximum absolute atomic E-state index is 12.9. The SMILES string of the molecule is CCCCCCCCCC/C=C\CCCCCCCCCCCCCCCCCCCC(=O)OCC(COC(=O)CCCCCCCCCCCC)OC(=O)CCCCCCCCCCCCCCCCCCCC. The highest BCUT2D eigenvalue weighted by Gasteiger charge is 2.19. The molecular weight excluding hydrogens is 925 g/mol. The van der Waals surface area contributed by atoms with Crippen molar-refractivity contribution in [3.05, 3.63) is 12.2 Å². The van der Waals surface area contributed by atoms with E-state index in [1.54, 1.807) is 0 Å². The van der Waals surface area contributed by atoms with E-state index in [1.165, 1.54) is 295 Å². The van der Waals surface area contributed by atoms with Crippen LogP contribution in [0.2, 0.25) is 0 Å². The minimum atomic E-state index is -0.764. The molecule has 0 aromatic heterocycles. The number of unbranched alkanes of at least 4 members (excludes halogenated alkanes) is 51. The molecule has 0 N–H and O–H groups in total. The van der Waals surface area contributed by atoms with Gasteiger partial charge in [0.15, 0.2) is 6.10 Å². The predicted octanol–water partition coefficient (Wildman–Crippen LogP) is 23.2. The molecule has 0 radical (unpaired) electrons. The summed E-state index contributed by atoms with van der Waals surface area (Å²) in [7, 11) is 0. The summed E-state index contributed by atoms with van der Waals surface area (Å²) in [6.07, 6.45) is 76.8. The third kappa shape index (κ3) is 62.9. The molecule has 0 saturated heterocycles.